The Hall–Kier alpha value is -0.350. The molecular formula is C10H14BrN3. The Labute approximate surface area is 92.0 Å². The largest absolute Gasteiger partial charge is 0.315 e. The van der Waals surface area contributed by atoms with Gasteiger partial charge in [0.1, 0.15) is 0 Å². The Morgan fingerprint density at radius 1 is 1.43 bits per heavy atom. The molecule has 2 heterocycles. The minimum Gasteiger partial charge on any atom is -0.315 e. The van der Waals surface area contributed by atoms with E-state index in [1.807, 2.05) is 0 Å². The monoisotopic (exact) mass is 255 g/mol. The van der Waals surface area contributed by atoms with E-state index in [0.29, 0.717) is 6.04 Å². The van der Waals surface area contributed by atoms with Crippen molar-refractivity contribution in [2.75, 3.05) is 13.1 Å². The number of halogens is 1. The highest BCUT2D eigenvalue weighted by molar-refractivity contribution is 9.10. The molecule has 76 valence electrons. The number of rotatable bonds is 2. The molecule has 0 radical (unpaired) electrons. The van der Waals surface area contributed by atoms with Gasteiger partial charge < -0.3 is 5.32 Å². The summed E-state index contributed by atoms with van der Waals surface area (Å²) in [6.45, 7) is 2.19. The molecule has 3 rings (SSSR count). The van der Waals surface area contributed by atoms with Gasteiger partial charge in [0.15, 0.2) is 0 Å². The highest BCUT2D eigenvalue weighted by Gasteiger charge is 2.29. The van der Waals surface area contributed by atoms with Gasteiger partial charge in [0.2, 0.25) is 0 Å². The van der Waals surface area contributed by atoms with Crippen molar-refractivity contribution in [3.63, 3.8) is 0 Å². The molecule has 1 saturated heterocycles. The molecule has 3 nitrogen and oxygen atoms in total. The van der Waals surface area contributed by atoms with Crippen molar-refractivity contribution >= 4 is 15.9 Å². The average Bonchev–Trinajstić information content (AvgIpc) is 2.75. The van der Waals surface area contributed by atoms with Crippen LogP contribution < -0.4 is 5.32 Å². The molecule has 1 unspecified atom stereocenters. The van der Waals surface area contributed by atoms with E-state index in [9.17, 15) is 0 Å². The first-order valence-electron chi connectivity index (χ1n) is 5.30. The summed E-state index contributed by atoms with van der Waals surface area (Å²) in [5, 5.41) is 8.05. The molecule has 1 saturated carbocycles. The lowest BCUT2D eigenvalue weighted by Gasteiger charge is -2.07. The van der Waals surface area contributed by atoms with Gasteiger partial charge in [0.25, 0.3) is 0 Å². The van der Waals surface area contributed by atoms with Gasteiger partial charge in [-0.05, 0) is 41.7 Å². The first kappa shape index (κ1) is 8.92. The Bertz CT molecular complexity index is 337. The fourth-order valence-corrected chi connectivity index (χ4v) is 2.68. The minimum atomic E-state index is 0.568. The van der Waals surface area contributed by atoms with E-state index in [2.05, 4.69) is 37.2 Å². The summed E-state index contributed by atoms with van der Waals surface area (Å²) < 4.78 is 3.34. The number of nitrogens with zero attached hydrogens (tertiary/aromatic N) is 2. The zero-order chi connectivity index (χ0) is 9.54. The molecule has 0 aromatic carbocycles. The molecule has 1 aromatic heterocycles. The highest BCUT2D eigenvalue weighted by atomic mass is 79.9. The Balaban J connectivity index is 1.87. The van der Waals surface area contributed by atoms with Crippen molar-refractivity contribution in [2.24, 2.45) is 0 Å². The SMILES string of the molecule is Brc1cn(C2CCNC2)nc1C1CC1. The summed E-state index contributed by atoms with van der Waals surface area (Å²) in [4.78, 5) is 0. The summed E-state index contributed by atoms with van der Waals surface area (Å²) in [5.41, 5.74) is 1.27. The van der Waals surface area contributed by atoms with Crippen LogP contribution in [0.2, 0.25) is 0 Å². The van der Waals surface area contributed by atoms with Gasteiger partial charge >= 0.3 is 0 Å². The highest BCUT2D eigenvalue weighted by Crippen LogP contribution is 2.42. The first-order valence-corrected chi connectivity index (χ1v) is 6.09. The molecule has 1 aromatic rings. The lowest BCUT2D eigenvalue weighted by atomic mass is 10.3. The van der Waals surface area contributed by atoms with E-state index < -0.39 is 0 Å². The molecule has 14 heavy (non-hydrogen) atoms. The third kappa shape index (κ3) is 1.50. The molecule has 4 heteroatoms. The molecular weight excluding hydrogens is 242 g/mol. The van der Waals surface area contributed by atoms with Gasteiger partial charge in [-0.25, -0.2) is 0 Å². The van der Waals surface area contributed by atoms with Gasteiger partial charge in [-0.15, -0.1) is 0 Å². The summed E-state index contributed by atoms with van der Waals surface area (Å²) in [7, 11) is 0. The van der Waals surface area contributed by atoms with Crippen LogP contribution in [0.15, 0.2) is 10.7 Å². The molecule has 2 fully saturated rings. The quantitative estimate of drug-likeness (QED) is 0.877. The fourth-order valence-electron chi connectivity index (χ4n) is 2.07. The lowest BCUT2D eigenvalue weighted by Crippen LogP contribution is -2.13. The fraction of sp³-hybridized carbons (Fsp3) is 0.700. The van der Waals surface area contributed by atoms with Crippen LogP contribution in [0, 0.1) is 0 Å². The molecule has 0 bridgehead atoms. The maximum atomic E-state index is 4.68. The van der Waals surface area contributed by atoms with Crippen LogP contribution in [0.3, 0.4) is 0 Å². The van der Waals surface area contributed by atoms with Crippen molar-refractivity contribution in [1.29, 1.82) is 0 Å². The van der Waals surface area contributed by atoms with Crippen molar-refractivity contribution in [3.05, 3.63) is 16.4 Å². The molecule has 1 aliphatic carbocycles. The Morgan fingerprint density at radius 3 is 2.93 bits per heavy atom. The van der Waals surface area contributed by atoms with Gasteiger partial charge in [-0.3, -0.25) is 4.68 Å². The van der Waals surface area contributed by atoms with Crippen LogP contribution in [-0.4, -0.2) is 22.9 Å². The summed E-state index contributed by atoms with van der Waals surface area (Å²) in [5.74, 6) is 0.736. The van der Waals surface area contributed by atoms with E-state index in [1.54, 1.807) is 0 Å². The molecule has 0 amide bonds. The van der Waals surface area contributed by atoms with Gasteiger partial charge in [0, 0.05) is 18.7 Å². The number of aromatic nitrogens is 2. The smallest absolute Gasteiger partial charge is 0.0797 e. The van der Waals surface area contributed by atoms with Crippen LogP contribution in [0.5, 0.6) is 0 Å². The predicted molar refractivity (Wildman–Crippen MR) is 58.4 cm³/mol. The number of hydrogen-bond acceptors (Lipinski definition) is 2. The van der Waals surface area contributed by atoms with Crippen LogP contribution in [0.25, 0.3) is 0 Å². The second-order valence-corrected chi connectivity index (χ2v) is 5.12. The van der Waals surface area contributed by atoms with E-state index in [1.165, 1.54) is 29.4 Å². The van der Waals surface area contributed by atoms with Gasteiger partial charge in [0.05, 0.1) is 16.2 Å². The average molecular weight is 256 g/mol. The Morgan fingerprint density at radius 2 is 2.29 bits per heavy atom. The predicted octanol–water partition coefficient (Wildman–Crippen LogP) is 2.06. The van der Waals surface area contributed by atoms with Crippen LogP contribution in [0.4, 0.5) is 0 Å². The standard InChI is InChI=1S/C10H14BrN3/c11-9-6-14(8-3-4-12-5-8)13-10(9)7-1-2-7/h6-8,12H,1-5H2. The van der Waals surface area contributed by atoms with Crippen molar-refractivity contribution < 1.29 is 0 Å². The van der Waals surface area contributed by atoms with Crippen molar-refractivity contribution in [1.82, 2.24) is 15.1 Å². The third-order valence-electron chi connectivity index (χ3n) is 3.09. The zero-order valence-electron chi connectivity index (χ0n) is 8.04. The number of nitrogens with one attached hydrogen (secondary N) is 1. The van der Waals surface area contributed by atoms with E-state index in [-0.39, 0.29) is 0 Å². The maximum absolute atomic E-state index is 4.68. The molecule has 2 aliphatic rings. The second kappa shape index (κ2) is 3.35. The van der Waals surface area contributed by atoms with Gasteiger partial charge in [-0.2, -0.15) is 5.10 Å². The first-order chi connectivity index (χ1) is 6.84. The minimum absolute atomic E-state index is 0.568. The molecule has 1 aliphatic heterocycles. The van der Waals surface area contributed by atoms with Crippen molar-refractivity contribution in [2.45, 2.75) is 31.2 Å². The molecule has 1 N–H and O–H groups in total. The summed E-state index contributed by atoms with van der Waals surface area (Å²) >= 11 is 3.60. The van der Waals surface area contributed by atoms with E-state index in [4.69, 9.17) is 0 Å². The Kier molecular flexibility index (Phi) is 2.13. The van der Waals surface area contributed by atoms with E-state index in [0.717, 1.165) is 19.0 Å². The van der Waals surface area contributed by atoms with Crippen LogP contribution in [-0.2, 0) is 0 Å². The van der Waals surface area contributed by atoms with Crippen molar-refractivity contribution in [3.8, 4) is 0 Å². The topological polar surface area (TPSA) is 29.9 Å². The summed E-state index contributed by atoms with van der Waals surface area (Å²) in [6.07, 6.45) is 5.99. The third-order valence-corrected chi connectivity index (χ3v) is 3.70. The van der Waals surface area contributed by atoms with Gasteiger partial charge in [-0.1, -0.05) is 0 Å². The van der Waals surface area contributed by atoms with Crippen LogP contribution >= 0.6 is 15.9 Å². The molecule has 1 atom stereocenters. The second-order valence-electron chi connectivity index (χ2n) is 4.26. The number of hydrogen-bond donors (Lipinski definition) is 1. The molecule has 0 spiro atoms. The lowest BCUT2D eigenvalue weighted by molar-refractivity contribution is 0.486. The van der Waals surface area contributed by atoms with E-state index >= 15 is 0 Å². The van der Waals surface area contributed by atoms with Crippen LogP contribution in [0.1, 0.15) is 36.9 Å². The maximum Gasteiger partial charge on any atom is 0.0797 e. The normalized spacial score (nSPS) is 27.1. The summed E-state index contributed by atoms with van der Waals surface area (Å²) in [6, 6.07) is 0.568. The zero-order valence-corrected chi connectivity index (χ0v) is 9.63.